The van der Waals surface area contributed by atoms with Crippen molar-refractivity contribution >= 4 is 21.7 Å². The second-order valence-electron chi connectivity index (χ2n) is 2.65. The lowest BCUT2D eigenvalue weighted by Gasteiger charge is -2.10. The largest absolute Gasteiger partial charge is 0.502 e. The fraction of sp³-hybridized carbons (Fsp3) is 0.222. The number of rotatable bonds is 2. The molecule has 0 unspecified atom stereocenters. The molecule has 0 spiro atoms. The van der Waals surface area contributed by atoms with Gasteiger partial charge in [0.2, 0.25) is 0 Å². The number of aromatic hydroxyl groups is 1. The molecule has 0 saturated carbocycles. The normalized spacial score (nSPS) is 10.0. The molecule has 0 aliphatic carbocycles. The van der Waals surface area contributed by atoms with Crippen LogP contribution in [0.15, 0.2) is 10.5 Å². The third-order valence-corrected chi connectivity index (χ3v) is 2.34. The number of ether oxygens (including phenoxy) is 1. The van der Waals surface area contributed by atoms with Gasteiger partial charge in [0.05, 0.1) is 12.7 Å². The first-order valence-electron chi connectivity index (χ1n) is 3.75. The number of phenols is 1. The van der Waals surface area contributed by atoms with Crippen LogP contribution in [0.4, 0.5) is 4.39 Å². The number of methoxy groups -OCH3 is 1. The Morgan fingerprint density at radius 3 is 2.64 bits per heavy atom. The third-order valence-electron chi connectivity index (χ3n) is 1.72. The van der Waals surface area contributed by atoms with E-state index in [4.69, 9.17) is 4.74 Å². The second kappa shape index (κ2) is 3.96. The zero-order chi connectivity index (χ0) is 10.9. The third kappa shape index (κ3) is 1.72. The van der Waals surface area contributed by atoms with Crippen molar-refractivity contribution in [1.82, 2.24) is 0 Å². The maximum absolute atomic E-state index is 13.0. The quantitative estimate of drug-likeness (QED) is 0.834. The average molecular weight is 263 g/mol. The van der Waals surface area contributed by atoms with Crippen LogP contribution < -0.4 is 4.74 Å². The fourth-order valence-corrected chi connectivity index (χ4v) is 1.77. The Bertz CT molecular complexity index is 390. The molecule has 14 heavy (non-hydrogen) atoms. The van der Waals surface area contributed by atoms with Gasteiger partial charge in [0, 0.05) is 4.47 Å². The first-order valence-corrected chi connectivity index (χ1v) is 4.54. The summed E-state index contributed by atoms with van der Waals surface area (Å²) in [7, 11) is 1.26. The molecule has 1 N–H and O–H groups in total. The molecule has 0 bridgehead atoms. The van der Waals surface area contributed by atoms with E-state index < -0.39 is 11.6 Å². The number of halogens is 2. The SMILES string of the molecule is COc1c(O)c(F)cc(Br)c1C(C)=O. The Labute approximate surface area is 88.6 Å². The summed E-state index contributed by atoms with van der Waals surface area (Å²) in [5.74, 6) is -1.95. The van der Waals surface area contributed by atoms with Gasteiger partial charge in [-0.3, -0.25) is 4.79 Å². The Balaban J connectivity index is 3.55. The molecule has 0 radical (unpaired) electrons. The van der Waals surface area contributed by atoms with E-state index in [2.05, 4.69) is 15.9 Å². The van der Waals surface area contributed by atoms with Crippen LogP contribution in [0.5, 0.6) is 11.5 Å². The van der Waals surface area contributed by atoms with Crippen molar-refractivity contribution in [3.05, 3.63) is 21.9 Å². The first kappa shape index (κ1) is 11.0. The van der Waals surface area contributed by atoms with Gasteiger partial charge in [0.25, 0.3) is 0 Å². The monoisotopic (exact) mass is 262 g/mol. The average Bonchev–Trinajstić information content (AvgIpc) is 2.09. The van der Waals surface area contributed by atoms with Crippen LogP contribution in [0.2, 0.25) is 0 Å². The number of carbonyl (C=O) groups excluding carboxylic acids is 1. The topological polar surface area (TPSA) is 46.5 Å². The van der Waals surface area contributed by atoms with Crippen LogP contribution in [-0.4, -0.2) is 18.0 Å². The van der Waals surface area contributed by atoms with Crippen molar-refractivity contribution in [2.45, 2.75) is 6.92 Å². The van der Waals surface area contributed by atoms with Crippen LogP contribution in [0, 0.1) is 5.82 Å². The minimum atomic E-state index is -0.835. The van der Waals surface area contributed by atoms with Gasteiger partial charge >= 0.3 is 0 Å². The highest BCUT2D eigenvalue weighted by molar-refractivity contribution is 9.10. The number of ketones is 1. The van der Waals surface area contributed by atoms with Gasteiger partial charge in [-0.05, 0) is 28.9 Å². The van der Waals surface area contributed by atoms with E-state index in [1.165, 1.54) is 14.0 Å². The highest BCUT2D eigenvalue weighted by Gasteiger charge is 2.20. The predicted molar refractivity (Wildman–Crippen MR) is 52.3 cm³/mol. The van der Waals surface area contributed by atoms with Gasteiger partial charge < -0.3 is 9.84 Å². The van der Waals surface area contributed by atoms with Crippen molar-refractivity contribution in [3.8, 4) is 11.5 Å². The summed E-state index contributed by atoms with van der Waals surface area (Å²) < 4.78 is 18.0. The van der Waals surface area contributed by atoms with Crippen molar-refractivity contribution in [1.29, 1.82) is 0 Å². The van der Waals surface area contributed by atoms with Crippen molar-refractivity contribution in [3.63, 3.8) is 0 Å². The van der Waals surface area contributed by atoms with Gasteiger partial charge in [-0.1, -0.05) is 0 Å². The molecule has 5 heteroatoms. The molecule has 0 saturated heterocycles. The van der Waals surface area contributed by atoms with Crippen LogP contribution >= 0.6 is 15.9 Å². The van der Waals surface area contributed by atoms with Crippen LogP contribution in [0.25, 0.3) is 0 Å². The van der Waals surface area contributed by atoms with E-state index >= 15 is 0 Å². The van der Waals surface area contributed by atoms with Crippen LogP contribution in [0.3, 0.4) is 0 Å². The molecule has 0 aliphatic rings. The number of benzene rings is 1. The second-order valence-corrected chi connectivity index (χ2v) is 3.51. The molecule has 0 fully saturated rings. The van der Waals surface area contributed by atoms with E-state index in [0.717, 1.165) is 6.07 Å². The van der Waals surface area contributed by atoms with Crippen molar-refractivity contribution < 1.29 is 19.0 Å². The zero-order valence-electron chi connectivity index (χ0n) is 7.60. The van der Waals surface area contributed by atoms with Gasteiger partial charge in [-0.2, -0.15) is 0 Å². The molecule has 0 heterocycles. The lowest BCUT2D eigenvalue weighted by molar-refractivity contribution is 0.101. The van der Waals surface area contributed by atoms with E-state index in [1.807, 2.05) is 0 Å². The number of carbonyl (C=O) groups is 1. The summed E-state index contributed by atoms with van der Waals surface area (Å²) >= 11 is 3.02. The van der Waals surface area contributed by atoms with Gasteiger partial charge in [-0.25, -0.2) is 4.39 Å². The maximum atomic E-state index is 13.0. The molecule has 3 nitrogen and oxygen atoms in total. The predicted octanol–water partition coefficient (Wildman–Crippen LogP) is 2.51. The Hall–Kier alpha value is -1.10. The minimum Gasteiger partial charge on any atom is -0.502 e. The first-order chi connectivity index (χ1) is 6.49. The van der Waals surface area contributed by atoms with E-state index in [9.17, 15) is 14.3 Å². The standard InChI is InChI=1S/C9H8BrFO3/c1-4(12)7-5(10)3-6(11)8(13)9(7)14-2/h3,13H,1-2H3. The van der Waals surface area contributed by atoms with Gasteiger partial charge in [0.1, 0.15) is 0 Å². The summed E-state index contributed by atoms with van der Waals surface area (Å²) in [5, 5.41) is 9.28. The van der Waals surface area contributed by atoms with Gasteiger partial charge in [-0.15, -0.1) is 0 Å². The van der Waals surface area contributed by atoms with E-state index in [-0.39, 0.29) is 21.6 Å². The number of hydrogen-bond donors (Lipinski definition) is 1. The number of hydrogen-bond acceptors (Lipinski definition) is 3. The highest BCUT2D eigenvalue weighted by atomic mass is 79.9. The Kier molecular flexibility index (Phi) is 3.10. The zero-order valence-corrected chi connectivity index (χ0v) is 9.18. The van der Waals surface area contributed by atoms with Crippen molar-refractivity contribution in [2.75, 3.05) is 7.11 Å². The maximum Gasteiger partial charge on any atom is 0.195 e. The molecule has 0 aromatic heterocycles. The molecule has 0 atom stereocenters. The molecule has 1 rings (SSSR count). The lowest BCUT2D eigenvalue weighted by atomic mass is 10.1. The molecule has 0 amide bonds. The molecule has 0 aliphatic heterocycles. The highest BCUT2D eigenvalue weighted by Crippen LogP contribution is 2.37. The Morgan fingerprint density at radius 1 is 1.64 bits per heavy atom. The summed E-state index contributed by atoms with van der Waals surface area (Å²) in [4.78, 5) is 11.2. The minimum absolute atomic E-state index is 0.131. The van der Waals surface area contributed by atoms with E-state index in [1.54, 1.807) is 0 Å². The summed E-state index contributed by atoms with van der Waals surface area (Å²) in [6.45, 7) is 1.31. The summed E-state index contributed by atoms with van der Waals surface area (Å²) in [6, 6.07) is 1.02. The molecule has 1 aromatic carbocycles. The molecular weight excluding hydrogens is 255 g/mol. The number of Topliss-reactive ketones (excluding diaryl/α,β-unsaturated/α-hetero) is 1. The smallest absolute Gasteiger partial charge is 0.195 e. The lowest BCUT2D eigenvalue weighted by Crippen LogP contribution is -2.00. The van der Waals surface area contributed by atoms with Crippen LogP contribution in [-0.2, 0) is 0 Å². The Morgan fingerprint density at radius 2 is 2.21 bits per heavy atom. The summed E-state index contributed by atoms with van der Waals surface area (Å²) in [5.41, 5.74) is 0.131. The van der Waals surface area contributed by atoms with Gasteiger partial charge in [0.15, 0.2) is 23.1 Å². The van der Waals surface area contributed by atoms with Crippen molar-refractivity contribution in [2.24, 2.45) is 0 Å². The fourth-order valence-electron chi connectivity index (χ4n) is 1.11. The number of phenolic OH excluding ortho intramolecular Hbond substituents is 1. The van der Waals surface area contributed by atoms with E-state index in [0.29, 0.717) is 0 Å². The van der Waals surface area contributed by atoms with Crippen LogP contribution in [0.1, 0.15) is 17.3 Å². The molecule has 76 valence electrons. The molecular formula is C9H8BrFO3. The summed E-state index contributed by atoms with van der Waals surface area (Å²) in [6.07, 6.45) is 0. The molecule has 1 aromatic rings.